The van der Waals surface area contributed by atoms with Gasteiger partial charge in [0.2, 0.25) is 5.91 Å². The second-order valence-corrected chi connectivity index (χ2v) is 7.87. The summed E-state index contributed by atoms with van der Waals surface area (Å²) >= 11 is 7.72. The van der Waals surface area contributed by atoms with Crippen LogP contribution in [0.3, 0.4) is 0 Å². The number of methoxy groups -OCH3 is 1. The van der Waals surface area contributed by atoms with E-state index in [4.69, 9.17) is 16.3 Å². The molecule has 0 spiro atoms. The molecular weight excluding hydrogens is 432 g/mol. The van der Waals surface area contributed by atoms with Crippen LogP contribution in [-0.2, 0) is 4.79 Å². The van der Waals surface area contributed by atoms with Gasteiger partial charge in [-0.05, 0) is 48.5 Å². The van der Waals surface area contributed by atoms with Crippen LogP contribution in [0, 0.1) is 0 Å². The molecule has 0 saturated heterocycles. The Morgan fingerprint density at radius 3 is 2.42 bits per heavy atom. The molecule has 4 aromatic rings. The highest BCUT2D eigenvalue weighted by Gasteiger charge is 2.19. The lowest BCUT2D eigenvalue weighted by Gasteiger charge is -2.12. The van der Waals surface area contributed by atoms with Crippen LogP contribution in [0.25, 0.3) is 17.1 Å². The van der Waals surface area contributed by atoms with Gasteiger partial charge in [-0.1, -0.05) is 53.7 Å². The fourth-order valence-electron chi connectivity index (χ4n) is 2.99. The molecule has 0 bridgehead atoms. The first-order valence-corrected chi connectivity index (χ1v) is 10.8. The first-order valence-electron chi connectivity index (χ1n) is 9.48. The Hall–Kier alpha value is -3.29. The molecule has 1 N–H and O–H groups in total. The summed E-state index contributed by atoms with van der Waals surface area (Å²) in [5.41, 5.74) is 2.35. The first-order chi connectivity index (χ1) is 15.2. The average Bonchev–Trinajstić information content (AvgIpc) is 3.22. The van der Waals surface area contributed by atoms with E-state index in [0.29, 0.717) is 16.0 Å². The number of ether oxygens (including phenoxy) is 1. The highest BCUT2D eigenvalue weighted by molar-refractivity contribution is 7.99. The number of amides is 1. The summed E-state index contributed by atoms with van der Waals surface area (Å²) in [6, 6.07) is 24.4. The highest BCUT2D eigenvalue weighted by Crippen LogP contribution is 2.32. The van der Waals surface area contributed by atoms with Crippen LogP contribution >= 0.6 is 23.4 Å². The minimum atomic E-state index is -0.125. The van der Waals surface area contributed by atoms with E-state index in [1.807, 2.05) is 83.4 Å². The summed E-state index contributed by atoms with van der Waals surface area (Å²) in [6.45, 7) is 0. The Morgan fingerprint density at radius 1 is 1.00 bits per heavy atom. The van der Waals surface area contributed by atoms with Gasteiger partial charge in [0.15, 0.2) is 11.0 Å². The molecule has 3 aromatic carbocycles. The quantitative estimate of drug-likeness (QED) is 0.385. The molecule has 0 radical (unpaired) electrons. The fraction of sp³-hybridized carbons (Fsp3) is 0.0870. The zero-order valence-electron chi connectivity index (χ0n) is 16.7. The van der Waals surface area contributed by atoms with Gasteiger partial charge in [0.05, 0.1) is 17.9 Å². The number of para-hydroxylation sites is 1. The number of carbonyl (C=O) groups excluding carboxylic acids is 1. The number of benzene rings is 3. The highest BCUT2D eigenvalue weighted by atomic mass is 35.5. The molecule has 0 fully saturated rings. The molecule has 4 rings (SSSR count). The molecule has 6 nitrogen and oxygen atoms in total. The third-order valence-corrected chi connectivity index (χ3v) is 5.73. The third-order valence-electron chi connectivity index (χ3n) is 4.47. The smallest absolute Gasteiger partial charge is 0.234 e. The van der Waals surface area contributed by atoms with Crippen LogP contribution in [0.15, 0.2) is 84.0 Å². The van der Waals surface area contributed by atoms with Crippen molar-refractivity contribution in [2.24, 2.45) is 0 Å². The van der Waals surface area contributed by atoms with Crippen molar-refractivity contribution in [3.63, 3.8) is 0 Å². The van der Waals surface area contributed by atoms with Gasteiger partial charge in [-0.3, -0.25) is 9.36 Å². The second-order valence-electron chi connectivity index (χ2n) is 6.52. The van der Waals surface area contributed by atoms with Gasteiger partial charge in [0, 0.05) is 16.9 Å². The summed E-state index contributed by atoms with van der Waals surface area (Å²) in [5, 5.41) is 12.7. The number of carbonyl (C=O) groups is 1. The molecule has 8 heteroatoms. The van der Waals surface area contributed by atoms with Crippen molar-refractivity contribution >= 4 is 35.0 Å². The zero-order valence-corrected chi connectivity index (χ0v) is 18.2. The molecule has 31 heavy (non-hydrogen) atoms. The van der Waals surface area contributed by atoms with Crippen LogP contribution in [0.4, 0.5) is 5.69 Å². The molecule has 0 unspecified atom stereocenters. The average molecular weight is 451 g/mol. The summed E-state index contributed by atoms with van der Waals surface area (Å²) in [7, 11) is 1.62. The van der Waals surface area contributed by atoms with Gasteiger partial charge >= 0.3 is 0 Å². The monoisotopic (exact) mass is 450 g/mol. The van der Waals surface area contributed by atoms with Crippen LogP contribution in [0.1, 0.15) is 0 Å². The zero-order chi connectivity index (χ0) is 21.6. The number of nitrogens with zero attached hydrogens (tertiary/aromatic N) is 3. The van der Waals surface area contributed by atoms with Gasteiger partial charge < -0.3 is 10.1 Å². The molecule has 0 saturated carbocycles. The maximum absolute atomic E-state index is 12.4. The first kappa shape index (κ1) is 21.0. The Bertz CT molecular complexity index is 1180. The number of aromatic nitrogens is 3. The van der Waals surface area contributed by atoms with Gasteiger partial charge in [-0.2, -0.15) is 0 Å². The number of rotatable bonds is 7. The van der Waals surface area contributed by atoms with Crippen LogP contribution in [0.5, 0.6) is 5.75 Å². The summed E-state index contributed by atoms with van der Waals surface area (Å²) in [4.78, 5) is 12.4. The summed E-state index contributed by atoms with van der Waals surface area (Å²) in [6.07, 6.45) is 0. The summed E-state index contributed by atoms with van der Waals surface area (Å²) < 4.78 is 7.16. The number of hydrogen-bond acceptors (Lipinski definition) is 5. The SMILES string of the molecule is COc1ccc(-n2c(SCC(=O)Nc3ccccc3)nnc2-c2ccccc2Cl)cc1. The summed E-state index contributed by atoms with van der Waals surface area (Å²) in [5.74, 6) is 1.40. The minimum absolute atomic E-state index is 0.125. The largest absolute Gasteiger partial charge is 0.497 e. The van der Waals surface area contributed by atoms with E-state index in [1.54, 1.807) is 7.11 Å². The van der Waals surface area contributed by atoms with Crippen molar-refractivity contribution in [2.45, 2.75) is 5.16 Å². The lowest BCUT2D eigenvalue weighted by atomic mass is 10.2. The van der Waals surface area contributed by atoms with Gasteiger partial charge in [-0.25, -0.2) is 0 Å². The predicted molar refractivity (Wildman–Crippen MR) is 124 cm³/mol. The lowest BCUT2D eigenvalue weighted by Crippen LogP contribution is -2.14. The van der Waals surface area contributed by atoms with Crippen LogP contribution < -0.4 is 10.1 Å². The Kier molecular flexibility index (Phi) is 6.54. The number of hydrogen-bond donors (Lipinski definition) is 1. The van der Waals surface area contributed by atoms with Gasteiger partial charge in [0.25, 0.3) is 0 Å². The number of thioether (sulfide) groups is 1. The molecule has 1 heterocycles. The third kappa shape index (κ3) is 4.90. The number of nitrogens with one attached hydrogen (secondary N) is 1. The van der Waals surface area contributed by atoms with Gasteiger partial charge in [0.1, 0.15) is 5.75 Å². The van der Waals surface area contributed by atoms with Crippen molar-refractivity contribution in [3.05, 3.63) is 83.9 Å². The number of halogens is 1. The van der Waals surface area contributed by atoms with Crippen molar-refractivity contribution in [1.82, 2.24) is 14.8 Å². The maximum atomic E-state index is 12.4. The molecule has 156 valence electrons. The van der Waals surface area contributed by atoms with E-state index in [2.05, 4.69) is 15.5 Å². The van der Waals surface area contributed by atoms with E-state index >= 15 is 0 Å². The predicted octanol–water partition coefficient (Wildman–Crippen LogP) is 5.33. The number of anilines is 1. The fourth-order valence-corrected chi connectivity index (χ4v) is 3.97. The Balaban J connectivity index is 1.64. The van der Waals surface area contributed by atoms with Crippen molar-refractivity contribution in [1.29, 1.82) is 0 Å². The van der Waals surface area contributed by atoms with Crippen LogP contribution in [0.2, 0.25) is 5.02 Å². The molecule has 1 amide bonds. The van der Waals surface area contributed by atoms with Crippen molar-refractivity contribution < 1.29 is 9.53 Å². The molecule has 0 aliphatic carbocycles. The molecule has 0 aliphatic heterocycles. The van der Waals surface area contributed by atoms with E-state index in [-0.39, 0.29) is 11.7 Å². The van der Waals surface area contributed by atoms with Crippen molar-refractivity contribution in [2.75, 3.05) is 18.2 Å². The molecular formula is C23H19ClN4O2S. The van der Waals surface area contributed by atoms with E-state index in [1.165, 1.54) is 11.8 Å². The standard InChI is InChI=1S/C23H19ClN4O2S/c1-30-18-13-11-17(12-14-18)28-22(19-9-5-6-10-20(19)24)26-27-23(28)31-15-21(29)25-16-7-3-2-4-8-16/h2-14H,15H2,1H3,(H,25,29). The van der Waals surface area contributed by atoms with Gasteiger partial charge in [-0.15, -0.1) is 10.2 Å². The second kappa shape index (κ2) is 9.68. The Morgan fingerprint density at radius 2 is 1.71 bits per heavy atom. The van der Waals surface area contributed by atoms with E-state index in [0.717, 1.165) is 22.7 Å². The molecule has 0 aliphatic rings. The molecule has 1 aromatic heterocycles. The minimum Gasteiger partial charge on any atom is -0.497 e. The van der Waals surface area contributed by atoms with Crippen LogP contribution in [-0.4, -0.2) is 33.5 Å². The van der Waals surface area contributed by atoms with E-state index < -0.39 is 0 Å². The normalized spacial score (nSPS) is 10.6. The maximum Gasteiger partial charge on any atom is 0.234 e. The molecule has 0 atom stereocenters. The Labute approximate surface area is 189 Å². The lowest BCUT2D eigenvalue weighted by molar-refractivity contribution is -0.113. The van der Waals surface area contributed by atoms with E-state index in [9.17, 15) is 4.79 Å². The van der Waals surface area contributed by atoms with Crippen molar-refractivity contribution in [3.8, 4) is 22.8 Å². The topological polar surface area (TPSA) is 69.0 Å².